The molecule has 1 heterocycles. The van der Waals surface area contributed by atoms with Crippen molar-refractivity contribution in [1.29, 1.82) is 0 Å². The number of anilines is 1. The Morgan fingerprint density at radius 2 is 1.60 bits per heavy atom. The van der Waals surface area contributed by atoms with Crippen molar-refractivity contribution in [1.82, 2.24) is 10.2 Å². The Kier molecular flexibility index (Phi) is 6.97. The average Bonchev–Trinajstić information content (AvgIpc) is 3.01. The van der Waals surface area contributed by atoms with Gasteiger partial charge in [-0.15, -0.1) is 0 Å². The summed E-state index contributed by atoms with van der Waals surface area (Å²) in [5.74, 6) is -0.0163. The van der Waals surface area contributed by atoms with Crippen LogP contribution >= 0.6 is 0 Å². The van der Waals surface area contributed by atoms with Gasteiger partial charge in [0.15, 0.2) is 0 Å². The van der Waals surface area contributed by atoms with Crippen LogP contribution in [-0.2, 0) is 12.7 Å². The van der Waals surface area contributed by atoms with Crippen LogP contribution in [-0.4, -0.2) is 29.9 Å². The third-order valence-corrected chi connectivity index (χ3v) is 4.99. The molecule has 1 saturated heterocycles. The van der Waals surface area contributed by atoms with E-state index in [2.05, 4.69) is 10.6 Å². The first-order chi connectivity index (χ1) is 14.3. The van der Waals surface area contributed by atoms with Crippen LogP contribution in [0.1, 0.15) is 47.2 Å². The number of nitrogens with one attached hydrogen (secondary N) is 2. The number of likely N-dealkylation sites (tertiary alicyclic amines) is 1. The zero-order chi connectivity index (χ0) is 21.6. The van der Waals surface area contributed by atoms with Crippen LogP contribution in [0.15, 0.2) is 48.5 Å². The van der Waals surface area contributed by atoms with Crippen molar-refractivity contribution in [3.05, 3.63) is 65.2 Å². The predicted molar refractivity (Wildman–Crippen MR) is 108 cm³/mol. The zero-order valence-electron chi connectivity index (χ0n) is 16.5. The molecule has 0 aliphatic carbocycles. The van der Waals surface area contributed by atoms with E-state index in [0.717, 1.165) is 50.9 Å². The monoisotopic (exact) mass is 419 g/mol. The number of nitrogens with zero attached hydrogens (tertiary/aromatic N) is 1. The summed E-state index contributed by atoms with van der Waals surface area (Å²) in [7, 11) is 0. The molecular weight excluding hydrogens is 395 g/mol. The maximum absolute atomic E-state index is 12.8. The van der Waals surface area contributed by atoms with Gasteiger partial charge in [0, 0.05) is 30.9 Å². The molecule has 0 spiro atoms. The molecule has 5 nitrogen and oxygen atoms in total. The maximum Gasteiger partial charge on any atom is 0.416 e. The van der Waals surface area contributed by atoms with Crippen molar-refractivity contribution in [3.63, 3.8) is 0 Å². The third-order valence-electron chi connectivity index (χ3n) is 4.99. The molecule has 1 aliphatic rings. The molecule has 0 unspecified atom stereocenters. The summed E-state index contributed by atoms with van der Waals surface area (Å²) in [6.07, 6.45) is -0.121. The lowest BCUT2D eigenvalue weighted by Crippen LogP contribution is -2.31. The normalized spacial score (nSPS) is 14.7. The van der Waals surface area contributed by atoms with Crippen molar-refractivity contribution in [2.24, 2.45) is 0 Å². The lowest BCUT2D eigenvalue weighted by Gasteiger charge is -2.20. The molecule has 0 saturated carbocycles. The van der Waals surface area contributed by atoms with Crippen LogP contribution in [0, 0.1) is 0 Å². The summed E-state index contributed by atoms with van der Waals surface area (Å²) in [5, 5.41) is 5.15. The Morgan fingerprint density at radius 3 is 2.23 bits per heavy atom. The summed E-state index contributed by atoms with van der Waals surface area (Å²) < 4.78 is 38.3. The Labute approximate surface area is 173 Å². The van der Waals surface area contributed by atoms with E-state index in [-0.39, 0.29) is 12.5 Å². The fraction of sp³-hybridized carbons (Fsp3) is 0.364. The SMILES string of the molecule is O=C(NCc1cccc(C(F)(F)F)c1)Nc1ccc(C(=O)N2CCCCCC2)cc1. The van der Waals surface area contributed by atoms with Gasteiger partial charge in [0.2, 0.25) is 0 Å². The average molecular weight is 419 g/mol. The molecule has 2 N–H and O–H groups in total. The number of benzene rings is 2. The van der Waals surface area contributed by atoms with E-state index < -0.39 is 17.8 Å². The highest BCUT2D eigenvalue weighted by atomic mass is 19.4. The first-order valence-corrected chi connectivity index (χ1v) is 9.93. The lowest BCUT2D eigenvalue weighted by molar-refractivity contribution is -0.137. The molecule has 8 heteroatoms. The van der Waals surface area contributed by atoms with Crippen molar-refractivity contribution >= 4 is 17.6 Å². The van der Waals surface area contributed by atoms with Crippen LogP contribution in [0.2, 0.25) is 0 Å². The van der Waals surface area contributed by atoms with Crippen LogP contribution in [0.25, 0.3) is 0 Å². The Balaban J connectivity index is 1.53. The third kappa shape index (κ3) is 5.98. The van der Waals surface area contributed by atoms with Gasteiger partial charge in [0.1, 0.15) is 0 Å². The number of hydrogen-bond donors (Lipinski definition) is 2. The molecule has 0 atom stereocenters. The van der Waals surface area contributed by atoms with Gasteiger partial charge < -0.3 is 15.5 Å². The highest BCUT2D eigenvalue weighted by molar-refractivity contribution is 5.95. The second-order valence-corrected chi connectivity index (χ2v) is 7.29. The van der Waals surface area contributed by atoms with Crippen LogP contribution in [0.5, 0.6) is 0 Å². The molecular formula is C22H24F3N3O2. The van der Waals surface area contributed by atoms with E-state index in [0.29, 0.717) is 16.8 Å². The molecule has 160 valence electrons. The second-order valence-electron chi connectivity index (χ2n) is 7.29. The highest BCUT2D eigenvalue weighted by Crippen LogP contribution is 2.29. The molecule has 3 amide bonds. The van der Waals surface area contributed by atoms with Crippen LogP contribution in [0.3, 0.4) is 0 Å². The van der Waals surface area contributed by atoms with E-state index >= 15 is 0 Å². The molecule has 0 radical (unpaired) electrons. The van der Waals surface area contributed by atoms with Gasteiger partial charge in [-0.05, 0) is 54.8 Å². The first kappa shape index (κ1) is 21.7. The van der Waals surface area contributed by atoms with E-state index in [4.69, 9.17) is 0 Å². The van der Waals surface area contributed by atoms with Crippen molar-refractivity contribution in [2.75, 3.05) is 18.4 Å². The second kappa shape index (κ2) is 9.65. The summed E-state index contributed by atoms with van der Waals surface area (Å²) in [6, 6.07) is 10.9. The van der Waals surface area contributed by atoms with E-state index in [1.165, 1.54) is 12.1 Å². The van der Waals surface area contributed by atoms with Gasteiger partial charge in [0.05, 0.1) is 5.56 Å². The first-order valence-electron chi connectivity index (χ1n) is 9.93. The number of carbonyl (C=O) groups is 2. The topological polar surface area (TPSA) is 61.4 Å². The predicted octanol–water partition coefficient (Wildman–Crippen LogP) is 5.04. The highest BCUT2D eigenvalue weighted by Gasteiger charge is 2.30. The summed E-state index contributed by atoms with van der Waals surface area (Å²) in [4.78, 5) is 26.5. The maximum atomic E-state index is 12.8. The van der Waals surface area contributed by atoms with Crippen LogP contribution < -0.4 is 10.6 Å². The van der Waals surface area contributed by atoms with E-state index in [1.54, 1.807) is 24.3 Å². The Morgan fingerprint density at radius 1 is 0.933 bits per heavy atom. The van der Waals surface area contributed by atoms with Crippen molar-refractivity contribution < 1.29 is 22.8 Å². The zero-order valence-corrected chi connectivity index (χ0v) is 16.5. The summed E-state index contributed by atoms with van der Waals surface area (Å²) >= 11 is 0. The fourth-order valence-electron chi connectivity index (χ4n) is 3.37. The number of urea groups is 1. The standard InChI is InChI=1S/C22H24F3N3O2/c23-22(24,25)18-7-5-6-16(14-18)15-26-21(30)27-19-10-8-17(9-11-19)20(29)28-12-3-1-2-4-13-28/h5-11,14H,1-4,12-13,15H2,(H2,26,27,30). The van der Waals surface area contributed by atoms with Crippen molar-refractivity contribution in [3.8, 4) is 0 Å². The quantitative estimate of drug-likeness (QED) is 0.729. The number of amides is 3. The summed E-state index contributed by atoms with van der Waals surface area (Å²) in [6.45, 7) is 1.48. The molecule has 3 rings (SSSR count). The lowest BCUT2D eigenvalue weighted by atomic mass is 10.1. The molecule has 30 heavy (non-hydrogen) atoms. The van der Waals surface area contributed by atoms with Gasteiger partial charge >= 0.3 is 12.2 Å². The molecule has 0 bridgehead atoms. The minimum Gasteiger partial charge on any atom is -0.339 e. The molecule has 1 fully saturated rings. The number of alkyl halides is 3. The molecule has 0 aromatic heterocycles. The Bertz CT molecular complexity index is 874. The van der Waals surface area contributed by atoms with Gasteiger partial charge in [-0.1, -0.05) is 25.0 Å². The van der Waals surface area contributed by atoms with Crippen molar-refractivity contribution in [2.45, 2.75) is 38.4 Å². The number of carbonyl (C=O) groups excluding carboxylic acids is 2. The Hall–Kier alpha value is -3.03. The number of halogens is 3. The molecule has 1 aliphatic heterocycles. The fourth-order valence-corrected chi connectivity index (χ4v) is 3.37. The number of rotatable bonds is 4. The van der Waals surface area contributed by atoms with Gasteiger partial charge in [-0.2, -0.15) is 13.2 Å². The smallest absolute Gasteiger partial charge is 0.339 e. The number of hydrogen-bond acceptors (Lipinski definition) is 2. The van der Waals surface area contributed by atoms with Gasteiger partial charge in [0.25, 0.3) is 5.91 Å². The minimum atomic E-state index is -4.43. The largest absolute Gasteiger partial charge is 0.416 e. The van der Waals surface area contributed by atoms with Gasteiger partial charge in [-0.25, -0.2) is 4.79 Å². The van der Waals surface area contributed by atoms with E-state index in [1.807, 2.05) is 4.90 Å². The van der Waals surface area contributed by atoms with E-state index in [9.17, 15) is 22.8 Å². The molecule has 2 aromatic carbocycles. The van der Waals surface area contributed by atoms with Crippen LogP contribution in [0.4, 0.5) is 23.7 Å². The molecule has 2 aromatic rings. The van der Waals surface area contributed by atoms with Gasteiger partial charge in [-0.3, -0.25) is 4.79 Å². The summed E-state index contributed by atoms with van der Waals surface area (Å²) in [5.41, 5.74) is 0.640. The minimum absolute atomic E-state index is 0.0163.